The Morgan fingerprint density at radius 3 is 2.69 bits per heavy atom. The Labute approximate surface area is 97.3 Å². The van der Waals surface area contributed by atoms with Gasteiger partial charge in [0, 0.05) is 7.11 Å². The third kappa shape index (κ3) is 2.45. The molecule has 1 atom stereocenters. The summed E-state index contributed by atoms with van der Waals surface area (Å²) in [6, 6.07) is 8.06. The van der Waals surface area contributed by atoms with E-state index in [2.05, 4.69) is 0 Å². The summed E-state index contributed by atoms with van der Waals surface area (Å²) in [5.74, 6) is 0.443. The van der Waals surface area contributed by atoms with E-state index < -0.39 is 0 Å². The van der Waals surface area contributed by atoms with Crippen LogP contribution in [0.4, 0.5) is 0 Å². The summed E-state index contributed by atoms with van der Waals surface area (Å²) in [5, 5.41) is 10.4. The normalized spacial score (nSPS) is 18.9. The summed E-state index contributed by atoms with van der Waals surface area (Å²) >= 11 is 0. The van der Waals surface area contributed by atoms with Crippen LogP contribution < -0.4 is 0 Å². The molecule has 0 aliphatic heterocycles. The van der Waals surface area contributed by atoms with E-state index in [0.29, 0.717) is 12.5 Å². The van der Waals surface area contributed by atoms with Gasteiger partial charge in [-0.15, -0.1) is 0 Å². The average molecular weight is 220 g/mol. The summed E-state index contributed by atoms with van der Waals surface area (Å²) in [5.41, 5.74) is 2.17. The molecule has 0 spiro atoms. The fraction of sp³-hybridized carbons (Fsp3) is 0.571. The maximum Gasteiger partial charge on any atom is 0.0821 e. The van der Waals surface area contributed by atoms with Crippen molar-refractivity contribution in [1.29, 1.82) is 0 Å². The number of hydrogen-bond acceptors (Lipinski definition) is 2. The van der Waals surface area contributed by atoms with Crippen molar-refractivity contribution in [3.05, 3.63) is 35.4 Å². The van der Waals surface area contributed by atoms with Crippen molar-refractivity contribution in [3.8, 4) is 0 Å². The molecular weight excluding hydrogens is 200 g/mol. The van der Waals surface area contributed by atoms with Gasteiger partial charge in [0.05, 0.1) is 12.7 Å². The zero-order valence-electron chi connectivity index (χ0n) is 9.86. The van der Waals surface area contributed by atoms with Crippen LogP contribution in [0.3, 0.4) is 0 Å². The van der Waals surface area contributed by atoms with Crippen molar-refractivity contribution in [2.24, 2.45) is 5.92 Å². The van der Waals surface area contributed by atoms with Crippen molar-refractivity contribution in [2.75, 3.05) is 7.11 Å². The highest BCUT2D eigenvalue weighted by Crippen LogP contribution is 2.36. The molecule has 1 fully saturated rings. The molecule has 0 radical (unpaired) electrons. The molecule has 1 aromatic rings. The van der Waals surface area contributed by atoms with Crippen molar-refractivity contribution >= 4 is 0 Å². The largest absolute Gasteiger partial charge is 0.388 e. The van der Waals surface area contributed by atoms with Gasteiger partial charge in [0.2, 0.25) is 0 Å². The van der Waals surface area contributed by atoms with Crippen molar-refractivity contribution in [2.45, 2.75) is 38.4 Å². The third-order valence-electron chi connectivity index (χ3n) is 3.52. The molecule has 0 saturated heterocycles. The summed E-state index contributed by atoms with van der Waals surface area (Å²) < 4.78 is 5.17. The fourth-order valence-corrected chi connectivity index (χ4v) is 2.64. The maximum atomic E-state index is 10.4. The van der Waals surface area contributed by atoms with E-state index in [-0.39, 0.29) is 6.10 Å². The molecule has 1 N–H and O–H groups in total. The molecule has 1 saturated carbocycles. The molecule has 2 heteroatoms. The Kier molecular flexibility index (Phi) is 3.97. The highest BCUT2D eigenvalue weighted by atomic mass is 16.5. The lowest BCUT2D eigenvalue weighted by molar-refractivity contribution is 0.107. The summed E-state index contributed by atoms with van der Waals surface area (Å²) in [6.45, 7) is 0.583. The average Bonchev–Trinajstić information content (AvgIpc) is 2.83. The van der Waals surface area contributed by atoms with Gasteiger partial charge < -0.3 is 9.84 Å². The van der Waals surface area contributed by atoms with Gasteiger partial charge >= 0.3 is 0 Å². The van der Waals surface area contributed by atoms with E-state index in [9.17, 15) is 5.11 Å². The van der Waals surface area contributed by atoms with Crippen LogP contribution in [0.5, 0.6) is 0 Å². The van der Waals surface area contributed by atoms with Gasteiger partial charge in [0.1, 0.15) is 0 Å². The van der Waals surface area contributed by atoms with Crippen LogP contribution in [0.1, 0.15) is 42.9 Å². The monoisotopic (exact) mass is 220 g/mol. The molecule has 1 aliphatic carbocycles. The SMILES string of the molecule is COCc1ccccc1C(O)C1CCCC1. The first-order chi connectivity index (χ1) is 7.83. The van der Waals surface area contributed by atoms with Crippen LogP contribution in [-0.2, 0) is 11.3 Å². The number of rotatable bonds is 4. The predicted octanol–water partition coefficient (Wildman–Crippen LogP) is 3.06. The smallest absolute Gasteiger partial charge is 0.0821 e. The zero-order chi connectivity index (χ0) is 11.4. The molecule has 1 unspecified atom stereocenters. The van der Waals surface area contributed by atoms with Crippen molar-refractivity contribution in [1.82, 2.24) is 0 Å². The molecule has 1 aromatic carbocycles. The van der Waals surface area contributed by atoms with Gasteiger partial charge in [-0.2, -0.15) is 0 Å². The van der Waals surface area contributed by atoms with Crippen LogP contribution >= 0.6 is 0 Å². The summed E-state index contributed by atoms with van der Waals surface area (Å²) in [7, 11) is 1.69. The number of aliphatic hydroxyl groups is 1. The molecule has 2 nitrogen and oxygen atoms in total. The molecule has 0 heterocycles. The van der Waals surface area contributed by atoms with Crippen LogP contribution in [0.2, 0.25) is 0 Å². The molecular formula is C14H20O2. The molecule has 88 valence electrons. The fourth-order valence-electron chi connectivity index (χ4n) is 2.64. The predicted molar refractivity (Wildman–Crippen MR) is 64.1 cm³/mol. The number of hydrogen-bond donors (Lipinski definition) is 1. The Balaban J connectivity index is 2.17. The lowest BCUT2D eigenvalue weighted by Crippen LogP contribution is -2.11. The number of aliphatic hydroxyl groups excluding tert-OH is 1. The van der Waals surface area contributed by atoms with E-state index in [1.807, 2.05) is 24.3 Å². The first-order valence-electron chi connectivity index (χ1n) is 6.07. The second kappa shape index (κ2) is 5.46. The minimum atomic E-state index is -0.311. The lowest BCUT2D eigenvalue weighted by atomic mass is 9.91. The van der Waals surface area contributed by atoms with E-state index in [4.69, 9.17) is 4.74 Å². The summed E-state index contributed by atoms with van der Waals surface area (Å²) in [4.78, 5) is 0. The van der Waals surface area contributed by atoms with Crippen molar-refractivity contribution < 1.29 is 9.84 Å². The number of methoxy groups -OCH3 is 1. The van der Waals surface area contributed by atoms with Crippen LogP contribution in [0, 0.1) is 5.92 Å². The third-order valence-corrected chi connectivity index (χ3v) is 3.52. The first-order valence-corrected chi connectivity index (χ1v) is 6.07. The van der Waals surface area contributed by atoms with E-state index in [1.165, 1.54) is 12.8 Å². The van der Waals surface area contributed by atoms with Gasteiger partial charge in [0.15, 0.2) is 0 Å². The molecule has 0 amide bonds. The van der Waals surface area contributed by atoms with E-state index >= 15 is 0 Å². The Morgan fingerprint density at radius 1 is 1.31 bits per heavy atom. The topological polar surface area (TPSA) is 29.5 Å². The van der Waals surface area contributed by atoms with Gasteiger partial charge in [-0.1, -0.05) is 37.1 Å². The first kappa shape index (κ1) is 11.6. The second-order valence-electron chi connectivity index (χ2n) is 4.62. The molecule has 0 aromatic heterocycles. The van der Waals surface area contributed by atoms with Gasteiger partial charge in [0.25, 0.3) is 0 Å². The Bertz CT molecular complexity index is 329. The quantitative estimate of drug-likeness (QED) is 0.845. The molecule has 1 aliphatic rings. The zero-order valence-corrected chi connectivity index (χ0v) is 9.86. The molecule has 16 heavy (non-hydrogen) atoms. The molecule has 2 rings (SSSR count). The van der Waals surface area contributed by atoms with Crippen LogP contribution in [0.25, 0.3) is 0 Å². The minimum absolute atomic E-state index is 0.311. The highest BCUT2D eigenvalue weighted by Gasteiger charge is 2.25. The maximum absolute atomic E-state index is 10.4. The minimum Gasteiger partial charge on any atom is -0.388 e. The lowest BCUT2D eigenvalue weighted by Gasteiger charge is -2.20. The van der Waals surface area contributed by atoms with E-state index in [1.54, 1.807) is 7.11 Å². The number of benzene rings is 1. The summed E-state index contributed by atoms with van der Waals surface area (Å²) in [6.07, 6.45) is 4.52. The second-order valence-corrected chi connectivity index (χ2v) is 4.62. The van der Waals surface area contributed by atoms with Crippen LogP contribution in [-0.4, -0.2) is 12.2 Å². The molecule has 0 bridgehead atoms. The van der Waals surface area contributed by atoms with Crippen LogP contribution in [0.15, 0.2) is 24.3 Å². The highest BCUT2D eigenvalue weighted by molar-refractivity contribution is 5.29. The van der Waals surface area contributed by atoms with E-state index in [0.717, 1.165) is 24.0 Å². The van der Waals surface area contributed by atoms with Gasteiger partial charge in [-0.3, -0.25) is 0 Å². The van der Waals surface area contributed by atoms with Gasteiger partial charge in [-0.05, 0) is 29.9 Å². The number of ether oxygens (including phenoxy) is 1. The van der Waals surface area contributed by atoms with Gasteiger partial charge in [-0.25, -0.2) is 0 Å². The Hall–Kier alpha value is -0.860. The Morgan fingerprint density at radius 2 is 2.00 bits per heavy atom. The van der Waals surface area contributed by atoms with Crippen molar-refractivity contribution in [3.63, 3.8) is 0 Å². The standard InChI is InChI=1S/C14H20O2/c1-16-10-12-8-4-5-9-13(12)14(15)11-6-2-3-7-11/h4-5,8-9,11,14-15H,2-3,6-7,10H2,1H3.